The average Bonchev–Trinajstić information content (AvgIpc) is 2.26. The Balaban J connectivity index is 5.09. The van der Waals surface area contributed by atoms with E-state index in [4.69, 9.17) is 43.9 Å². The molecule has 0 aromatic carbocycles. The van der Waals surface area contributed by atoms with Crippen molar-refractivity contribution < 1.29 is 18.7 Å². The van der Waals surface area contributed by atoms with E-state index in [9.17, 15) is 9.67 Å². The van der Waals surface area contributed by atoms with Gasteiger partial charge in [-0.3, -0.25) is 4.57 Å². The number of aliphatic hydroxyl groups excluding tert-OH is 1. The summed E-state index contributed by atoms with van der Waals surface area (Å²) in [6.45, 7) is 7.11. The molecular formula is C10H20Cl3O4P. The van der Waals surface area contributed by atoms with Crippen LogP contribution in [0.15, 0.2) is 0 Å². The predicted molar refractivity (Wildman–Crippen MR) is 75.6 cm³/mol. The van der Waals surface area contributed by atoms with Crippen molar-refractivity contribution in [2.24, 2.45) is 0 Å². The van der Waals surface area contributed by atoms with Crippen LogP contribution >= 0.6 is 42.4 Å². The van der Waals surface area contributed by atoms with E-state index in [2.05, 4.69) is 0 Å². The van der Waals surface area contributed by atoms with Crippen LogP contribution in [-0.4, -0.2) is 27.0 Å². The van der Waals surface area contributed by atoms with Crippen molar-refractivity contribution in [3.8, 4) is 0 Å². The third-order valence-corrected chi connectivity index (χ3v) is 5.77. The van der Waals surface area contributed by atoms with E-state index in [-0.39, 0.29) is 12.2 Å². The minimum atomic E-state index is -3.92. The lowest BCUT2D eigenvalue weighted by atomic mass is 10.3. The van der Waals surface area contributed by atoms with Crippen LogP contribution in [0.25, 0.3) is 0 Å². The fraction of sp³-hybridized carbons (Fsp3) is 1.00. The van der Waals surface area contributed by atoms with Gasteiger partial charge in [-0.2, -0.15) is 0 Å². The molecule has 0 amide bonds. The Morgan fingerprint density at radius 3 is 1.67 bits per heavy atom. The van der Waals surface area contributed by atoms with Gasteiger partial charge in [0.2, 0.25) is 9.64 Å². The summed E-state index contributed by atoms with van der Waals surface area (Å²) in [6.07, 6.45) is 0.449. The molecule has 4 atom stereocenters. The van der Waals surface area contributed by atoms with E-state index in [1.807, 2.05) is 13.8 Å². The number of aliphatic hydroxyl groups is 1. The van der Waals surface area contributed by atoms with E-state index in [1.165, 1.54) is 0 Å². The van der Waals surface area contributed by atoms with Crippen LogP contribution in [0.1, 0.15) is 40.5 Å². The third kappa shape index (κ3) is 5.96. The molecule has 8 heteroatoms. The third-order valence-electron chi connectivity index (χ3n) is 2.40. The Labute approximate surface area is 123 Å². The van der Waals surface area contributed by atoms with Crippen LogP contribution in [0.2, 0.25) is 0 Å². The molecule has 0 saturated heterocycles. The first-order valence-electron chi connectivity index (χ1n) is 5.78. The molecule has 0 bridgehead atoms. The van der Waals surface area contributed by atoms with E-state index in [0.717, 1.165) is 0 Å². The van der Waals surface area contributed by atoms with Crippen LogP contribution in [0.5, 0.6) is 0 Å². The van der Waals surface area contributed by atoms with E-state index in [0.29, 0.717) is 12.8 Å². The molecule has 0 rings (SSSR count). The second-order valence-electron chi connectivity index (χ2n) is 4.10. The van der Waals surface area contributed by atoms with E-state index < -0.39 is 17.2 Å². The lowest BCUT2D eigenvalue weighted by molar-refractivity contribution is 0.0888. The SMILES string of the molecule is CC[C@@H](C)OP(=O)(O[C@@H](C)CC)[C@@H](O)C(Cl)(Cl)Cl. The molecular weight excluding hydrogens is 321 g/mol. The van der Waals surface area contributed by atoms with Crippen LogP contribution in [0.4, 0.5) is 0 Å². The van der Waals surface area contributed by atoms with Crippen molar-refractivity contribution in [2.45, 2.75) is 62.4 Å². The summed E-state index contributed by atoms with van der Waals surface area (Å²) in [6, 6.07) is 0. The highest BCUT2D eigenvalue weighted by molar-refractivity contribution is 7.55. The maximum Gasteiger partial charge on any atom is 0.363 e. The summed E-state index contributed by atoms with van der Waals surface area (Å²) in [5.74, 6) is -1.82. The zero-order valence-electron chi connectivity index (χ0n) is 10.9. The van der Waals surface area contributed by atoms with Gasteiger partial charge >= 0.3 is 7.60 Å². The van der Waals surface area contributed by atoms with Gasteiger partial charge in [-0.05, 0) is 26.7 Å². The highest BCUT2D eigenvalue weighted by Crippen LogP contribution is 2.60. The molecule has 0 fully saturated rings. The summed E-state index contributed by atoms with van der Waals surface area (Å²) in [4.78, 5) is 0. The Morgan fingerprint density at radius 1 is 1.11 bits per heavy atom. The average molecular weight is 342 g/mol. The maximum absolute atomic E-state index is 12.6. The molecule has 0 aromatic heterocycles. The topological polar surface area (TPSA) is 55.8 Å². The standard InChI is InChI=1S/C10H20Cl3O4P/c1-5-7(3)16-18(15,17-8(4)6-2)9(14)10(11,12)13/h7-9,14H,5-6H2,1-4H3/t7-,8+,9-,18?/m1/s1. The fourth-order valence-corrected chi connectivity index (χ4v) is 3.99. The molecule has 1 unspecified atom stereocenters. The van der Waals surface area contributed by atoms with Crippen molar-refractivity contribution in [3.63, 3.8) is 0 Å². The number of alkyl halides is 3. The summed E-state index contributed by atoms with van der Waals surface area (Å²) < 4.78 is 21.0. The molecule has 1 N–H and O–H groups in total. The second-order valence-corrected chi connectivity index (χ2v) is 8.46. The summed E-state index contributed by atoms with van der Waals surface area (Å²) >= 11 is 16.7. The van der Waals surface area contributed by atoms with Crippen LogP contribution in [0, 0.1) is 0 Å². The van der Waals surface area contributed by atoms with Crippen molar-refractivity contribution in [1.29, 1.82) is 0 Å². The Hall–Kier alpha value is 0.980. The largest absolute Gasteiger partial charge is 0.377 e. The lowest BCUT2D eigenvalue weighted by Crippen LogP contribution is -2.29. The number of hydrogen-bond acceptors (Lipinski definition) is 4. The van der Waals surface area contributed by atoms with Crippen molar-refractivity contribution in [2.75, 3.05) is 0 Å². The highest BCUT2D eigenvalue weighted by atomic mass is 35.6. The number of hydrogen-bond donors (Lipinski definition) is 1. The zero-order valence-corrected chi connectivity index (χ0v) is 14.1. The maximum atomic E-state index is 12.6. The van der Waals surface area contributed by atoms with Gasteiger partial charge < -0.3 is 14.2 Å². The monoisotopic (exact) mass is 340 g/mol. The number of rotatable bonds is 7. The molecule has 0 radical (unpaired) electrons. The predicted octanol–water partition coefficient (Wildman–Crippen LogP) is 4.50. The molecule has 0 saturated carbocycles. The van der Waals surface area contributed by atoms with E-state index in [1.54, 1.807) is 13.8 Å². The molecule has 0 aliphatic rings. The van der Waals surface area contributed by atoms with E-state index >= 15 is 0 Å². The lowest BCUT2D eigenvalue weighted by Gasteiger charge is -2.31. The minimum Gasteiger partial charge on any atom is -0.377 e. The molecule has 0 spiro atoms. The fourth-order valence-electron chi connectivity index (χ4n) is 0.970. The first-order valence-corrected chi connectivity index (χ1v) is 8.52. The Morgan fingerprint density at radius 2 is 1.44 bits per heavy atom. The first kappa shape index (κ1) is 19.0. The molecule has 0 heterocycles. The molecule has 110 valence electrons. The molecule has 0 aliphatic carbocycles. The van der Waals surface area contributed by atoms with Gasteiger partial charge in [0.25, 0.3) is 0 Å². The smallest absolute Gasteiger partial charge is 0.363 e. The molecule has 18 heavy (non-hydrogen) atoms. The van der Waals surface area contributed by atoms with Crippen molar-refractivity contribution in [3.05, 3.63) is 0 Å². The summed E-state index contributed by atoms with van der Waals surface area (Å²) in [7, 11) is -3.92. The first-order chi connectivity index (χ1) is 8.06. The van der Waals surface area contributed by atoms with Gasteiger partial charge in [0.15, 0.2) is 0 Å². The van der Waals surface area contributed by atoms with Crippen LogP contribution in [0.3, 0.4) is 0 Å². The van der Waals surface area contributed by atoms with Crippen molar-refractivity contribution in [1.82, 2.24) is 0 Å². The van der Waals surface area contributed by atoms with Gasteiger partial charge in [0.1, 0.15) is 0 Å². The van der Waals surface area contributed by atoms with Gasteiger partial charge in [-0.25, -0.2) is 0 Å². The zero-order chi connectivity index (χ0) is 14.6. The highest BCUT2D eigenvalue weighted by Gasteiger charge is 2.49. The Kier molecular flexibility index (Phi) is 8.10. The second kappa shape index (κ2) is 7.68. The van der Waals surface area contributed by atoms with Gasteiger partial charge in [-0.1, -0.05) is 48.7 Å². The normalized spacial score (nSPS) is 21.1. The van der Waals surface area contributed by atoms with Gasteiger partial charge in [0, 0.05) is 0 Å². The number of halogens is 3. The summed E-state index contributed by atoms with van der Waals surface area (Å²) in [5.41, 5.74) is 0. The summed E-state index contributed by atoms with van der Waals surface area (Å²) in [5, 5.41) is 9.88. The van der Waals surface area contributed by atoms with Gasteiger partial charge in [-0.15, -0.1) is 0 Å². The molecule has 4 nitrogen and oxygen atoms in total. The van der Waals surface area contributed by atoms with Crippen molar-refractivity contribution >= 4 is 42.4 Å². The van der Waals surface area contributed by atoms with Gasteiger partial charge in [0.05, 0.1) is 12.2 Å². The molecule has 0 aromatic rings. The minimum absolute atomic E-state index is 0.373. The van der Waals surface area contributed by atoms with Crippen LogP contribution in [-0.2, 0) is 13.6 Å². The molecule has 0 aliphatic heterocycles. The van der Waals surface area contributed by atoms with Crippen LogP contribution < -0.4 is 0 Å². The quantitative estimate of drug-likeness (QED) is 0.547. The Bertz CT molecular complexity index is 279.